The van der Waals surface area contributed by atoms with Crippen LogP contribution < -0.4 is 5.56 Å². The van der Waals surface area contributed by atoms with E-state index in [0.717, 1.165) is 0 Å². The van der Waals surface area contributed by atoms with Gasteiger partial charge in [-0.2, -0.15) is 5.10 Å². The molecule has 0 aliphatic carbocycles. The second-order valence-electron chi connectivity index (χ2n) is 7.00. The molecule has 2 aliphatic heterocycles. The molecule has 10 heteroatoms. The largest absolute Gasteiger partial charge is 0.378 e. The third-order valence-corrected chi connectivity index (χ3v) is 6.31. The number of rotatable bonds is 3. The predicted molar refractivity (Wildman–Crippen MR) is 105 cm³/mol. The fraction of sp³-hybridized carbons (Fsp3) is 0.368. The third kappa shape index (κ3) is 3.22. The molecule has 2 aliphatic rings. The molecule has 1 atom stereocenters. The van der Waals surface area contributed by atoms with Crippen LogP contribution in [0.15, 0.2) is 40.4 Å². The summed E-state index contributed by atoms with van der Waals surface area (Å²) < 4.78 is 21.7. The lowest BCUT2D eigenvalue weighted by atomic mass is 10.2. The highest BCUT2D eigenvalue weighted by Gasteiger charge is 2.31. The van der Waals surface area contributed by atoms with Crippen molar-refractivity contribution >= 4 is 28.7 Å². The van der Waals surface area contributed by atoms with Gasteiger partial charge in [0.25, 0.3) is 5.56 Å². The van der Waals surface area contributed by atoms with Crippen molar-refractivity contribution in [1.82, 2.24) is 24.2 Å². The first-order valence-corrected chi connectivity index (χ1v) is 10.3. The van der Waals surface area contributed by atoms with Gasteiger partial charge in [-0.15, -0.1) is 0 Å². The first-order chi connectivity index (χ1) is 14.1. The van der Waals surface area contributed by atoms with Crippen LogP contribution in [0.5, 0.6) is 0 Å². The maximum absolute atomic E-state index is 13.2. The molecule has 29 heavy (non-hydrogen) atoms. The number of carbonyl (C=O) groups excluding carboxylic acids is 1. The van der Waals surface area contributed by atoms with Gasteiger partial charge in [0.05, 0.1) is 31.1 Å². The SMILES string of the molecule is O=C(CC1CSc2nc3c(cnn3-c3ccc(F)cc3)c(=O)n21)N1CCOCC1. The Morgan fingerprint density at radius 2 is 2.00 bits per heavy atom. The van der Waals surface area contributed by atoms with Gasteiger partial charge in [0, 0.05) is 25.3 Å². The predicted octanol–water partition coefficient (Wildman–Crippen LogP) is 1.62. The van der Waals surface area contributed by atoms with Gasteiger partial charge in [0.15, 0.2) is 10.8 Å². The Balaban J connectivity index is 1.48. The molecule has 1 fully saturated rings. The summed E-state index contributed by atoms with van der Waals surface area (Å²) in [4.78, 5) is 32.2. The zero-order valence-corrected chi connectivity index (χ0v) is 16.3. The minimum atomic E-state index is -0.345. The number of amides is 1. The smallest absolute Gasteiger partial charge is 0.265 e. The van der Waals surface area contributed by atoms with E-state index in [4.69, 9.17) is 4.74 Å². The Morgan fingerprint density at radius 3 is 2.76 bits per heavy atom. The molecule has 0 saturated carbocycles. The van der Waals surface area contributed by atoms with E-state index >= 15 is 0 Å². The molecule has 4 heterocycles. The molecule has 0 N–H and O–H groups in total. The van der Waals surface area contributed by atoms with Gasteiger partial charge in [-0.25, -0.2) is 14.1 Å². The Kier molecular flexibility index (Phi) is 4.59. The van der Waals surface area contributed by atoms with Crippen molar-refractivity contribution in [1.29, 1.82) is 0 Å². The molecular weight excluding hydrogens is 397 g/mol. The minimum absolute atomic E-state index is 0.0285. The number of benzene rings is 1. The van der Waals surface area contributed by atoms with Gasteiger partial charge >= 0.3 is 0 Å². The van der Waals surface area contributed by atoms with E-state index < -0.39 is 0 Å². The minimum Gasteiger partial charge on any atom is -0.378 e. The lowest BCUT2D eigenvalue weighted by Crippen LogP contribution is -2.42. The van der Waals surface area contributed by atoms with Crippen LogP contribution in [0, 0.1) is 5.82 Å². The molecule has 2 aromatic heterocycles. The number of morpholine rings is 1. The lowest BCUT2D eigenvalue weighted by molar-refractivity contribution is -0.135. The van der Waals surface area contributed by atoms with Crippen LogP contribution in [0.3, 0.4) is 0 Å². The van der Waals surface area contributed by atoms with Gasteiger partial charge in [0.1, 0.15) is 11.2 Å². The van der Waals surface area contributed by atoms with Crippen molar-refractivity contribution in [2.75, 3.05) is 32.1 Å². The van der Waals surface area contributed by atoms with Gasteiger partial charge < -0.3 is 9.64 Å². The zero-order valence-electron chi connectivity index (χ0n) is 15.5. The van der Waals surface area contributed by atoms with E-state index in [9.17, 15) is 14.0 Å². The highest BCUT2D eigenvalue weighted by atomic mass is 32.2. The number of ether oxygens (including phenoxy) is 1. The molecule has 150 valence electrons. The highest BCUT2D eigenvalue weighted by molar-refractivity contribution is 7.99. The van der Waals surface area contributed by atoms with E-state index in [1.54, 1.807) is 21.6 Å². The fourth-order valence-corrected chi connectivity index (χ4v) is 4.83. The molecule has 0 bridgehead atoms. The second kappa shape index (κ2) is 7.27. The normalized spacial score (nSPS) is 18.9. The molecule has 3 aromatic rings. The summed E-state index contributed by atoms with van der Waals surface area (Å²) in [5.41, 5.74) is 0.851. The number of aromatic nitrogens is 4. The Bertz CT molecular complexity index is 1140. The highest BCUT2D eigenvalue weighted by Crippen LogP contribution is 2.33. The fourth-order valence-electron chi connectivity index (χ4n) is 3.70. The third-order valence-electron chi connectivity index (χ3n) is 5.22. The first kappa shape index (κ1) is 18.3. The van der Waals surface area contributed by atoms with Crippen LogP contribution >= 0.6 is 11.8 Å². The number of carbonyl (C=O) groups is 1. The van der Waals surface area contributed by atoms with Crippen LogP contribution in [-0.4, -0.2) is 62.2 Å². The maximum atomic E-state index is 13.2. The van der Waals surface area contributed by atoms with Gasteiger partial charge in [-0.05, 0) is 24.3 Å². The lowest BCUT2D eigenvalue weighted by Gasteiger charge is -2.28. The van der Waals surface area contributed by atoms with Crippen LogP contribution in [0.2, 0.25) is 0 Å². The Morgan fingerprint density at radius 1 is 1.24 bits per heavy atom. The van der Waals surface area contributed by atoms with Crippen molar-refractivity contribution in [3.63, 3.8) is 0 Å². The summed E-state index contributed by atoms with van der Waals surface area (Å²) in [6, 6.07) is 5.62. The van der Waals surface area contributed by atoms with Crippen LogP contribution in [0.1, 0.15) is 12.5 Å². The van der Waals surface area contributed by atoms with E-state index in [-0.39, 0.29) is 29.7 Å². The molecule has 5 rings (SSSR count). The molecule has 1 unspecified atom stereocenters. The number of hydrogen-bond donors (Lipinski definition) is 0. The van der Waals surface area contributed by atoms with Gasteiger partial charge in [-0.1, -0.05) is 11.8 Å². The number of thioether (sulfide) groups is 1. The van der Waals surface area contributed by atoms with Gasteiger partial charge in [-0.3, -0.25) is 14.2 Å². The summed E-state index contributed by atoms with van der Waals surface area (Å²) in [6.07, 6.45) is 1.74. The van der Waals surface area contributed by atoms with E-state index in [1.807, 2.05) is 0 Å². The van der Waals surface area contributed by atoms with Crippen molar-refractivity contribution in [3.05, 3.63) is 46.6 Å². The Labute approximate surface area is 169 Å². The standard InChI is InChI=1S/C19H18FN5O3S/c20-12-1-3-13(4-2-12)25-17-15(10-21-25)18(27)24-14(11-29-19(24)22-17)9-16(26)23-5-7-28-8-6-23/h1-4,10,14H,5-9,11H2. The van der Waals surface area contributed by atoms with E-state index in [0.29, 0.717) is 53.9 Å². The first-order valence-electron chi connectivity index (χ1n) is 9.36. The van der Waals surface area contributed by atoms with Crippen molar-refractivity contribution in [2.24, 2.45) is 0 Å². The Hall–Kier alpha value is -2.72. The number of halogens is 1. The molecule has 0 spiro atoms. The summed E-state index contributed by atoms with van der Waals surface area (Å²) in [5.74, 6) is 0.303. The summed E-state index contributed by atoms with van der Waals surface area (Å²) in [6.45, 7) is 2.27. The average molecular weight is 415 g/mol. The molecule has 1 saturated heterocycles. The number of hydrogen-bond acceptors (Lipinski definition) is 6. The summed E-state index contributed by atoms with van der Waals surface area (Å²) in [5, 5.41) is 5.23. The molecular formula is C19H18FN5O3S. The molecule has 8 nitrogen and oxygen atoms in total. The van der Waals surface area contributed by atoms with Crippen molar-refractivity contribution in [2.45, 2.75) is 17.6 Å². The van der Waals surface area contributed by atoms with Crippen LogP contribution in [-0.2, 0) is 9.53 Å². The quantitative estimate of drug-likeness (QED) is 0.605. The van der Waals surface area contributed by atoms with Crippen molar-refractivity contribution < 1.29 is 13.9 Å². The monoisotopic (exact) mass is 415 g/mol. The number of nitrogens with zero attached hydrogens (tertiary/aromatic N) is 5. The topological polar surface area (TPSA) is 82.2 Å². The average Bonchev–Trinajstić information content (AvgIpc) is 3.34. The maximum Gasteiger partial charge on any atom is 0.265 e. The van der Waals surface area contributed by atoms with Gasteiger partial charge in [0.2, 0.25) is 5.91 Å². The van der Waals surface area contributed by atoms with Crippen LogP contribution in [0.25, 0.3) is 16.7 Å². The summed E-state index contributed by atoms with van der Waals surface area (Å²) >= 11 is 1.46. The molecule has 1 aromatic carbocycles. The molecule has 1 amide bonds. The van der Waals surface area contributed by atoms with E-state index in [1.165, 1.54) is 34.8 Å². The molecule has 0 radical (unpaired) electrons. The van der Waals surface area contributed by atoms with Crippen molar-refractivity contribution in [3.8, 4) is 5.69 Å². The second-order valence-corrected chi connectivity index (χ2v) is 7.99. The summed E-state index contributed by atoms with van der Waals surface area (Å²) in [7, 11) is 0. The number of fused-ring (bicyclic) bond motifs is 2. The van der Waals surface area contributed by atoms with E-state index in [2.05, 4.69) is 10.1 Å². The zero-order chi connectivity index (χ0) is 20.0. The van der Waals surface area contributed by atoms with Crippen LogP contribution in [0.4, 0.5) is 4.39 Å².